The van der Waals surface area contributed by atoms with Gasteiger partial charge in [-0.2, -0.15) is 0 Å². The van der Waals surface area contributed by atoms with E-state index < -0.39 is 5.60 Å². The zero-order chi connectivity index (χ0) is 13.7. The fraction of sp³-hybridized carbons (Fsp3) is 0.667. The summed E-state index contributed by atoms with van der Waals surface area (Å²) in [5.41, 5.74) is 0.685. The molecule has 0 spiro atoms. The van der Waals surface area contributed by atoms with Crippen LogP contribution in [-0.4, -0.2) is 17.8 Å². The van der Waals surface area contributed by atoms with Crippen LogP contribution in [0.15, 0.2) is 24.3 Å². The number of benzene rings is 1. The average Bonchev–Trinajstić information content (AvgIpc) is 3.10. The quantitative estimate of drug-likeness (QED) is 0.913. The first kappa shape index (κ1) is 12.7. The van der Waals surface area contributed by atoms with Crippen LogP contribution in [0.1, 0.15) is 37.7 Å². The molecule has 2 nitrogen and oxygen atoms in total. The van der Waals surface area contributed by atoms with Crippen molar-refractivity contribution in [3.05, 3.63) is 29.8 Å². The Hall–Kier alpha value is -1.02. The van der Waals surface area contributed by atoms with Gasteiger partial charge in [0, 0.05) is 6.42 Å². The van der Waals surface area contributed by atoms with Gasteiger partial charge in [0.1, 0.15) is 5.75 Å². The Labute approximate surface area is 121 Å². The maximum atomic E-state index is 11.2. The van der Waals surface area contributed by atoms with Gasteiger partial charge >= 0.3 is 0 Å². The standard InChI is InChI=1S/C18H24O2/c1-20-17-8-3-2-5-12(17)10-18(19)11-13-9-16(18)15-7-4-6-14(13)15/h2-3,5,8,13-16,19H,4,6-7,9-11H2,1H3. The molecule has 5 atom stereocenters. The number of ether oxygens (including phenoxy) is 1. The Bertz CT molecular complexity index is 512. The molecule has 4 rings (SSSR count). The van der Waals surface area contributed by atoms with E-state index in [1.807, 2.05) is 18.2 Å². The lowest BCUT2D eigenvalue weighted by molar-refractivity contribution is -0.0453. The Morgan fingerprint density at radius 1 is 1.25 bits per heavy atom. The van der Waals surface area contributed by atoms with E-state index in [1.54, 1.807) is 7.11 Å². The highest BCUT2D eigenvalue weighted by Crippen LogP contribution is 2.63. The zero-order valence-electron chi connectivity index (χ0n) is 12.2. The van der Waals surface area contributed by atoms with Gasteiger partial charge in [0.15, 0.2) is 0 Å². The van der Waals surface area contributed by atoms with Gasteiger partial charge in [0.2, 0.25) is 0 Å². The molecule has 0 saturated heterocycles. The molecule has 20 heavy (non-hydrogen) atoms. The van der Waals surface area contributed by atoms with Gasteiger partial charge in [-0.15, -0.1) is 0 Å². The minimum Gasteiger partial charge on any atom is -0.496 e. The minimum atomic E-state index is -0.481. The molecule has 0 aromatic heterocycles. The smallest absolute Gasteiger partial charge is 0.122 e. The molecule has 1 aromatic carbocycles. The van der Waals surface area contributed by atoms with Gasteiger partial charge in [-0.3, -0.25) is 0 Å². The number of aliphatic hydroxyl groups is 1. The summed E-state index contributed by atoms with van der Waals surface area (Å²) >= 11 is 0. The maximum absolute atomic E-state index is 11.2. The highest BCUT2D eigenvalue weighted by atomic mass is 16.5. The first-order chi connectivity index (χ1) is 9.71. The summed E-state index contributed by atoms with van der Waals surface area (Å²) in [7, 11) is 1.72. The molecule has 0 amide bonds. The molecule has 0 aliphatic heterocycles. The van der Waals surface area contributed by atoms with Crippen LogP contribution >= 0.6 is 0 Å². The summed E-state index contributed by atoms with van der Waals surface area (Å²) in [6.45, 7) is 0. The molecular formula is C18H24O2. The van der Waals surface area contributed by atoms with Gasteiger partial charge in [0.25, 0.3) is 0 Å². The molecule has 1 aromatic rings. The predicted molar refractivity (Wildman–Crippen MR) is 78.7 cm³/mol. The van der Waals surface area contributed by atoms with E-state index in [4.69, 9.17) is 4.74 Å². The van der Waals surface area contributed by atoms with Crippen LogP contribution < -0.4 is 4.74 Å². The lowest BCUT2D eigenvalue weighted by Gasteiger charge is -2.39. The van der Waals surface area contributed by atoms with E-state index in [1.165, 1.54) is 31.2 Å². The van der Waals surface area contributed by atoms with Crippen molar-refractivity contribution in [3.8, 4) is 5.75 Å². The Kier molecular flexibility index (Phi) is 2.85. The summed E-state index contributed by atoms with van der Waals surface area (Å²) in [5, 5.41) is 11.2. The van der Waals surface area contributed by atoms with E-state index in [0.717, 1.165) is 36.3 Å². The van der Waals surface area contributed by atoms with E-state index in [-0.39, 0.29) is 0 Å². The zero-order valence-corrected chi connectivity index (χ0v) is 12.2. The number of rotatable bonds is 3. The second-order valence-electron chi connectivity index (χ2n) is 7.16. The number of para-hydroxylation sites is 1. The molecular weight excluding hydrogens is 248 g/mol. The van der Waals surface area contributed by atoms with Gasteiger partial charge in [0.05, 0.1) is 12.7 Å². The number of methoxy groups -OCH3 is 1. The lowest BCUT2D eigenvalue weighted by Crippen LogP contribution is -2.43. The van der Waals surface area contributed by atoms with Crippen LogP contribution in [0.2, 0.25) is 0 Å². The van der Waals surface area contributed by atoms with Gasteiger partial charge < -0.3 is 9.84 Å². The number of hydrogen-bond acceptors (Lipinski definition) is 2. The first-order valence-electron chi connectivity index (χ1n) is 8.05. The summed E-state index contributed by atoms with van der Waals surface area (Å²) in [5.74, 6) is 3.97. The van der Waals surface area contributed by atoms with Crippen molar-refractivity contribution in [3.63, 3.8) is 0 Å². The van der Waals surface area contributed by atoms with Crippen molar-refractivity contribution in [1.29, 1.82) is 0 Å². The summed E-state index contributed by atoms with van der Waals surface area (Å²) < 4.78 is 5.46. The van der Waals surface area contributed by atoms with E-state index >= 15 is 0 Å². The Morgan fingerprint density at radius 3 is 2.90 bits per heavy atom. The third kappa shape index (κ3) is 1.74. The van der Waals surface area contributed by atoms with Crippen LogP contribution in [-0.2, 0) is 6.42 Å². The lowest BCUT2D eigenvalue weighted by atomic mass is 9.70. The molecule has 3 fully saturated rings. The molecule has 1 N–H and O–H groups in total. The van der Waals surface area contributed by atoms with E-state index in [0.29, 0.717) is 5.92 Å². The van der Waals surface area contributed by atoms with Crippen molar-refractivity contribution >= 4 is 0 Å². The molecule has 0 heterocycles. The minimum absolute atomic E-state index is 0.481. The van der Waals surface area contributed by atoms with Crippen molar-refractivity contribution in [1.82, 2.24) is 0 Å². The second-order valence-corrected chi connectivity index (χ2v) is 7.16. The molecule has 3 aliphatic carbocycles. The predicted octanol–water partition coefficient (Wildman–Crippen LogP) is 3.42. The molecule has 108 valence electrons. The first-order valence-corrected chi connectivity index (χ1v) is 8.05. The normalized spacial score (nSPS) is 41.9. The molecule has 5 unspecified atom stereocenters. The number of hydrogen-bond donors (Lipinski definition) is 1. The van der Waals surface area contributed by atoms with E-state index in [2.05, 4.69) is 6.07 Å². The van der Waals surface area contributed by atoms with Crippen LogP contribution in [0.5, 0.6) is 5.75 Å². The van der Waals surface area contributed by atoms with Gasteiger partial charge in [-0.05, 0) is 61.0 Å². The highest BCUT2D eigenvalue weighted by Gasteiger charge is 2.60. The number of fused-ring (bicyclic) bond motifs is 5. The Balaban J connectivity index is 1.60. The molecule has 0 radical (unpaired) electrons. The molecule has 2 bridgehead atoms. The second kappa shape index (κ2) is 4.49. The fourth-order valence-corrected chi connectivity index (χ4v) is 5.62. The van der Waals surface area contributed by atoms with Crippen LogP contribution in [0, 0.1) is 23.7 Å². The molecule has 3 aliphatic rings. The fourth-order valence-electron chi connectivity index (χ4n) is 5.62. The third-order valence-corrected chi connectivity index (χ3v) is 6.30. The van der Waals surface area contributed by atoms with Crippen molar-refractivity contribution in [2.75, 3.05) is 7.11 Å². The van der Waals surface area contributed by atoms with Crippen molar-refractivity contribution in [2.24, 2.45) is 23.7 Å². The van der Waals surface area contributed by atoms with Gasteiger partial charge in [-0.1, -0.05) is 24.6 Å². The van der Waals surface area contributed by atoms with Crippen molar-refractivity contribution in [2.45, 2.75) is 44.1 Å². The monoisotopic (exact) mass is 272 g/mol. The van der Waals surface area contributed by atoms with E-state index in [9.17, 15) is 5.11 Å². The highest BCUT2D eigenvalue weighted by molar-refractivity contribution is 5.35. The van der Waals surface area contributed by atoms with Crippen LogP contribution in [0.25, 0.3) is 0 Å². The Morgan fingerprint density at radius 2 is 2.05 bits per heavy atom. The molecule has 3 saturated carbocycles. The average molecular weight is 272 g/mol. The third-order valence-electron chi connectivity index (χ3n) is 6.30. The maximum Gasteiger partial charge on any atom is 0.122 e. The van der Waals surface area contributed by atoms with Crippen molar-refractivity contribution < 1.29 is 9.84 Å². The summed E-state index contributed by atoms with van der Waals surface area (Å²) in [4.78, 5) is 0. The van der Waals surface area contributed by atoms with Crippen LogP contribution in [0.4, 0.5) is 0 Å². The molecule has 2 heteroatoms. The SMILES string of the molecule is COc1ccccc1CC1(O)CC2CC1C1CCCC21. The summed E-state index contributed by atoms with van der Waals surface area (Å²) in [6, 6.07) is 8.16. The topological polar surface area (TPSA) is 29.5 Å². The van der Waals surface area contributed by atoms with Crippen LogP contribution in [0.3, 0.4) is 0 Å². The largest absolute Gasteiger partial charge is 0.496 e. The summed E-state index contributed by atoms with van der Waals surface area (Å²) in [6.07, 6.45) is 7.18. The van der Waals surface area contributed by atoms with Gasteiger partial charge in [-0.25, -0.2) is 0 Å².